The molecule has 104 valence electrons. The van der Waals surface area contributed by atoms with Gasteiger partial charge in [0.1, 0.15) is 5.75 Å². The van der Waals surface area contributed by atoms with E-state index in [4.69, 9.17) is 9.84 Å². The molecule has 0 bridgehead atoms. The fourth-order valence-corrected chi connectivity index (χ4v) is 2.42. The van der Waals surface area contributed by atoms with Crippen LogP contribution in [0.1, 0.15) is 23.5 Å². The molecule has 0 aliphatic heterocycles. The molecule has 0 radical (unpaired) electrons. The molecule has 1 atom stereocenters. The lowest BCUT2D eigenvalue weighted by atomic mass is 9.88. The van der Waals surface area contributed by atoms with Crippen molar-refractivity contribution in [2.24, 2.45) is 0 Å². The molecule has 0 amide bonds. The zero-order valence-electron chi connectivity index (χ0n) is 11.0. The van der Waals surface area contributed by atoms with Gasteiger partial charge in [0.25, 0.3) is 0 Å². The number of aliphatic carboxylic acids is 1. The van der Waals surface area contributed by atoms with Crippen molar-refractivity contribution < 1.29 is 14.6 Å². The molecule has 2 aromatic rings. The number of ether oxygens (including phenoxy) is 1. The summed E-state index contributed by atoms with van der Waals surface area (Å²) in [5, 5.41) is 9.15. The van der Waals surface area contributed by atoms with Crippen LogP contribution in [0.3, 0.4) is 0 Å². The van der Waals surface area contributed by atoms with E-state index in [1.807, 2.05) is 48.5 Å². The molecular formula is C16H15BrO3. The zero-order chi connectivity index (χ0) is 14.5. The van der Waals surface area contributed by atoms with Crippen LogP contribution >= 0.6 is 15.9 Å². The summed E-state index contributed by atoms with van der Waals surface area (Å²) in [5.74, 6) is -0.272. The number of hydrogen-bond acceptors (Lipinski definition) is 2. The second kappa shape index (κ2) is 6.57. The Kier molecular flexibility index (Phi) is 4.79. The Balaban J connectivity index is 2.40. The van der Waals surface area contributed by atoms with E-state index < -0.39 is 5.97 Å². The summed E-state index contributed by atoms with van der Waals surface area (Å²) in [6, 6.07) is 15.3. The van der Waals surface area contributed by atoms with E-state index in [0.717, 1.165) is 21.3 Å². The number of rotatable bonds is 5. The highest BCUT2D eigenvalue weighted by Gasteiger charge is 2.18. The van der Waals surface area contributed by atoms with E-state index in [2.05, 4.69) is 15.9 Å². The van der Waals surface area contributed by atoms with E-state index in [9.17, 15) is 4.79 Å². The standard InChI is InChI=1S/C16H15BrO3/c1-20-14-4-2-3-12(9-14)15(10-16(18)19)11-5-7-13(17)8-6-11/h2-9,15H,10H2,1H3,(H,18,19). The predicted molar refractivity (Wildman–Crippen MR) is 81.2 cm³/mol. The normalized spacial score (nSPS) is 11.9. The van der Waals surface area contributed by atoms with Crippen LogP contribution in [0.5, 0.6) is 5.75 Å². The van der Waals surface area contributed by atoms with Crippen molar-refractivity contribution in [3.8, 4) is 5.75 Å². The summed E-state index contributed by atoms with van der Waals surface area (Å²) in [6.45, 7) is 0. The Morgan fingerprint density at radius 2 is 1.90 bits per heavy atom. The molecule has 0 heterocycles. The molecule has 0 aliphatic rings. The van der Waals surface area contributed by atoms with Gasteiger partial charge < -0.3 is 9.84 Å². The number of carboxylic acid groups (broad SMARTS) is 1. The van der Waals surface area contributed by atoms with Crippen molar-refractivity contribution in [1.29, 1.82) is 0 Å². The van der Waals surface area contributed by atoms with Crippen LogP contribution in [0.25, 0.3) is 0 Å². The van der Waals surface area contributed by atoms with E-state index in [1.165, 1.54) is 0 Å². The molecular weight excluding hydrogens is 320 g/mol. The van der Waals surface area contributed by atoms with Gasteiger partial charge in [0.15, 0.2) is 0 Å². The summed E-state index contributed by atoms with van der Waals surface area (Å²) < 4.78 is 6.18. The van der Waals surface area contributed by atoms with Gasteiger partial charge in [-0.2, -0.15) is 0 Å². The molecule has 2 aromatic carbocycles. The molecule has 2 rings (SSSR count). The number of carbonyl (C=O) groups is 1. The Bertz CT molecular complexity index is 593. The van der Waals surface area contributed by atoms with Gasteiger partial charge >= 0.3 is 5.97 Å². The van der Waals surface area contributed by atoms with Gasteiger partial charge in [-0.05, 0) is 35.4 Å². The van der Waals surface area contributed by atoms with Crippen molar-refractivity contribution in [2.75, 3.05) is 7.11 Å². The van der Waals surface area contributed by atoms with E-state index in [1.54, 1.807) is 7.11 Å². The van der Waals surface area contributed by atoms with Crippen LogP contribution in [-0.2, 0) is 4.79 Å². The first-order valence-corrected chi connectivity index (χ1v) is 7.00. The molecule has 0 spiro atoms. The minimum atomic E-state index is -0.819. The summed E-state index contributed by atoms with van der Waals surface area (Å²) >= 11 is 3.39. The first-order valence-electron chi connectivity index (χ1n) is 6.21. The van der Waals surface area contributed by atoms with Gasteiger partial charge in [-0.25, -0.2) is 0 Å². The summed E-state index contributed by atoms with van der Waals surface area (Å²) in [7, 11) is 1.60. The smallest absolute Gasteiger partial charge is 0.304 e. The Morgan fingerprint density at radius 1 is 1.20 bits per heavy atom. The van der Waals surface area contributed by atoms with Crippen LogP contribution < -0.4 is 4.74 Å². The molecule has 4 heteroatoms. The van der Waals surface area contributed by atoms with E-state index in [0.29, 0.717) is 0 Å². The van der Waals surface area contributed by atoms with E-state index in [-0.39, 0.29) is 12.3 Å². The average molecular weight is 335 g/mol. The van der Waals surface area contributed by atoms with Gasteiger partial charge in [0.05, 0.1) is 13.5 Å². The summed E-state index contributed by atoms with van der Waals surface area (Å²) in [6.07, 6.45) is 0.0504. The Morgan fingerprint density at radius 3 is 2.50 bits per heavy atom. The molecule has 3 nitrogen and oxygen atoms in total. The van der Waals surface area contributed by atoms with Crippen LogP contribution in [0.15, 0.2) is 53.0 Å². The highest BCUT2D eigenvalue weighted by molar-refractivity contribution is 9.10. The van der Waals surface area contributed by atoms with Crippen molar-refractivity contribution in [3.05, 3.63) is 64.1 Å². The van der Waals surface area contributed by atoms with Gasteiger partial charge in [0.2, 0.25) is 0 Å². The highest BCUT2D eigenvalue weighted by atomic mass is 79.9. The number of benzene rings is 2. The fraction of sp³-hybridized carbons (Fsp3) is 0.188. The lowest BCUT2D eigenvalue weighted by Crippen LogP contribution is -2.08. The summed E-state index contributed by atoms with van der Waals surface area (Å²) in [4.78, 5) is 11.1. The number of carboxylic acids is 1. The quantitative estimate of drug-likeness (QED) is 0.896. The van der Waals surface area contributed by atoms with Gasteiger partial charge in [-0.15, -0.1) is 0 Å². The molecule has 0 saturated carbocycles. The third-order valence-corrected chi connectivity index (χ3v) is 3.68. The average Bonchev–Trinajstić information content (AvgIpc) is 2.46. The van der Waals surface area contributed by atoms with Gasteiger partial charge in [-0.3, -0.25) is 4.79 Å². The Hall–Kier alpha value is -1.81. The maximum absolute atomic E-state index is 11.1. The zero-order valence-corrected chi connectivity index (χ0v) is 12.6. The second-order valence-electron chi connectivity index (χ2n) is 4.48. The maximum atomic E-state index is 11.1. The topological polar surface area (TPSA) is 46.5 Å². The van der Waals surface area contributed by atoms with Crippen LogP contribution in [0, 0.1) is 0 Å². The van der Waals surface area contributed by atoms with Crippen molar-refractivity contribution >= 4 is 21.9 Å². The van der Waals surface area contributed by atoms with Crippen LogP contribution in [0.2, 0.25) is 0 Å². The van der Waals surface area contributed by atoms with Crippen molar-refractivity contribution in [2.45, 2.75) is 12.3 Å². The summed E-state index contributed by atoms with van der Waals surface area (Å²) in [5.41, 5.74) is 1.91. The maximum Gasteiger partial charge on any atom is 0.304 e. The predicted octanol–water partition coefficient (Wildman–Crippen LogP) is 4.06. The lowest BCUT2D eigenvalue weighted by molar-refractivity contribution is -0.137. The third-order valence-electron chi connectivity index (χ3n) is 3.15. The minimum Gasteiger partial charge on any atom is -0.497 e. The number of hydrogen-bond donors (Lipinski definition) is 1. The Labute approximate surface area is 126 Å². The molecule has 1 unspecified atom stereocenters. The van der Waals surface area contributed by atoms with Crippen LogP contribution in [0.4, 0.5) is 0 Å². The minimum absolute atomic E-state index is 0.0504. The number of halogens is 1. The second-order valence-corrected chi connectivity index (χ2v) is 5.39. The highest BCUT2D eigenvalue weighted by Crippen LogP contribution is 2.31. The molecule has 0 saturated heterocycles. The molecule has 1 N–H and O–H groups in total. The first-order chi connectivity index (χ1) is 9.60. The van der Waals surface area contributed by atoms with Crippen molar-refractivity contribution in [1.82, 2.24) is 0 Å². The monoisotopic (exact) mass is 334 g/mol. The van der Waals surface area contributed by atoms with E-state index >= 15 is 0 Å². The lowest BCUT2D eigenvalue weighted by Gasteiger charge is -2.17. The molecule has 0 aromatic heterocycles. The van der Waals surface area contributed by atoms with Crippen molar-refractivity contribution in [3.63, 3.8) is 0 Å². The number of methoxy groups -OCH3 is 1. The van der Waals surface area contributed by atoms with Gasteiger partial charge in [0, 0.05) is 10.4 Å². The third kappa shape index (κ3) is 3.61. The molecule has 0 fully saturated rings. The molecule has 20 heavy (non-hydrogen) atoms. The molecule has 0 aliphatic carbocycles. The SMILES string of the molecule is COc1cccc(C(CC(=O)O)c2ccc(Br)cc2)c1. The largest absolute Gasteiger partial charge is 0.497 e. The van der Waals surface area contributed by atoms with Crippen LogP contribution in [-0.4, -0.2) is 18.2 Å². The first kappa shape index (κ1) is 14.6. The fourth-order valence-electron chi connectivity index (χ4n) is 2.16. The van der Waals surface area contributed by atoms with Gasteiger partial charge in [-0.1, -0.05) is 40.2 Å².